The summed E-state index contributed by atoms with van der Waals surface area (Å²) >= 11 is 0. The average molecular weight is 176 g/mol. The molecular formula is C4H7O2Y-. The minimum absolute atomic E-state index is 0. The third-order valence-electron chi connectivity index (χ3n) is 0.391. The Balaban J connectivity index is 0. The summed E-state index contributed by atoms with van der Waals surface area (Å²) in [6, 6.07) is 0. The van der Waals surface area contributed by atoms with Crippen molar-refractivity contribution in [1.29, 1.82) is 0 Å². The number of aliphatic carboxylic acids is 1. The van der Waals surface area contributed by atoms with E-state index in [4.69, 9.17) is 5.11 Å². The molecule has 0 bridgehead atoms. The molecule has 0 aliphatic carbocycles. The summed E-state index contributed by atoms with van der Waals surface area (Å²) in [5, 5.41) is 7.87. The van der Waals surface area contributed by atoms with Gasteiger partial charge in [-0.2, -0.15) is 6.42 Å². The number of hydrogen-bond acceptors (Lipinski definition) is 1. The summed E-state index contributed by atoms with van der Waals surface area (Å²) in [7, 11) is 0. The molecule has 0 saturated carbocycles. The Morgan fingerprint density at radius 3 is 2.14 bits per heavy atom. The van der Waals surface area contributed by atoms with Crippen LogP contribution in [0.25, 0.3) is 0 Å². The van der Waals surface area contributed by atoms with Gasteiger partial charge in [-0.1, -0.05) is 0 Å². The zero-order valence-electron chi connectivity index (χ0n) is 4.05. The summed E-state index contributed by atoms with van der Waals surface area (Å²) in [5.74, 6) is -0.773. The van der Waals surface area contributed by atoms with E-state index in [0.29, 0.717) is 6.42 Å². The van der Waals surface area contributed by atoms with Gasteiger partial charge in [0.15, 0.2) is 0 Å². The minimum atomic E-state index is -0.773. The van der Waals surface area contributed by atoms with Crippen LogP contribution in [-0.4, -0.2) is 11.1 Å². The molecule has 0 unspecified atom stereocenters. The maximum absolute atomic E-state index is 9.56. The van der Waals surface area contributed by atoms with Gasteiger partial charge in [0.05, 0.1) is 0 Å². The molecule has 2 nitrogen and oxygen atoms in total. The van der Waals surface area contributed by atoms with Gasteiger partial charge in [0.1, 0.15) is 0 Å². The Labute approximate surface area is 68.2 Å². The van der Waals surface area contributed by atoms with Crippen molar-refractivity contribution in [3.05, 3.63) is 6.92 Å². The zero-order chi connectivity index (χ0) is 4.99. The first-order chi connectivity index (χ1) is 2.77. The molecule has 0 rings (SSSR count). The predicted molar refractivity (Wildman–Crippen MR) is 22.2 cm³/mol. The van der Waals surface area contributed by atoms with Crippen LogP contribution in [0.4, 0.5) is 0 Å². The Bertz CT molecular complexity index is 53.7. The van der Waals surface area contributed by atoms with Crippen molar-refractivity contribution in [3.8, 4) is 0 Å². The fourth-order valence-corrected chi connectivity index (χ4v) is 0.151. The summed E-state index contributed by atoms with van der Waals surface area (Å²) < 4.78 is 0. The van der Waals surface area contributed by atoms with Crippen LogP contribution in [-0.2, 0) is 37.5 Å². The van der Waals surface area contributed by atoms with Gasteiger partial charge in [-0.05, 0) is 0 Å². The van der Waals surface area contributed by atoms with Crippen molar-refractivity contribution in [2.45, 2.75) is 12.8 Å². The van der Waals surface area contributed by atoms with Crippen LogP contribution in [0.1, 0.15) is 12.8 Å². The number of carboxylic acid groups (broad SMARTS) is 1. The molecule has 1 radical (unpaired) electrons. The Hall–Kier alpha value is 0.574. The maximum Gasteiger partial charge on any atom is 0.300 e. The second kappa shape index (κ2) is 6.57. The van der Waals surface area contributed by atoms with Crippen molar-refractivity contribution in [2.24, 2.45) is 0 Å². The average Bonchev–Trinajstić information content (AvgIpc) is 1.35. The molecule has 0 aliphatic heterocycles. The number of carbonyl (C=O) groups is 1. The third kappa shape index (κ3) is 10.8. The molecule has 0 aliphatic rings. The molecule has 0 spiro atoms. The predicted octanol–water partition coefficient (Wildman–Crippen LogP) is 0.683. The van der Waals surface area contributed by atoms with Crippen molar-refractivity contribution in [3.63, 3.8) is 0 Å². The van der Waals surface area contributed by atoms with E-state index in [1.807, 2.05) is 0 Å². The van der Waals surface area contributed by atoms with Crippen LogP contribution < -0.4 is 0 Å². The first-order valence-corrected chi connectivity index (χ1v) is 1.78. The van der Waals surface area contributed by atoms with Gasteiger partial charge < -0.3 is 12.0 Å². The largest absolute Gasteiger partial charge is 0.481 e. The van der Waals surface area contributed by atoms with Crippen LogP contribution in [0.3, 0.4) is 0 Å². The van der Waals surface area contributed by atoms with Crippen LogP contribution >= 0.6 is 0 Å². The van der Waals surface area contributed by atoms with Gasteiger partial charge >= 0.3 is 5.97 Å². The van der Waals surface area contributed by atoms with Crippen LogP contribution in [0, 0.1) is 6.92 Å². The summed E-state index contributed by atoms with van der Waals surface area (Å²) in [4.78, 5) is 9.56. The van der Waals surface area contributed by atoms with E-state index >= 15 is 0 Å². The molecule has 0 fully saturated rings. The van der Waals surface area contributed by atoms with Crippen LogP contribution in [0.2, 0.25) is 0 Å². The smallest absolute Gasteiger partial charge is 0.300 e. The van der Waals surface area contributed by atoms with E-state index in [2.05, 4.69) is 6.92 Å². The first kappa shape index (κ1) is 10.5. The normalized spacial score (nSPS) is 7.00. The van der Waals surface area contributed by atoms with E-state index < -0.39 is 5.97 Å². The first-order valence-electron chi connectivity index (χ1n) is 1.78. The second-order valence-corrected chi connectivity index (χ2v) is 0.997. The van der Waals surface area contributed by atoms with Gasteiger partial charge in [0, 0.05) is 39.1 Å². The molecule has 7 heavy (non-hydrogen) atoms. The molecule has 0 aromatic heterocycles. The van der Waals surface area contributed by atoms with Crippen molar-refractivity contribution in [1.82, 2.24) is 0 Å². The molecule has 0 saturated heterocycles. The monoisotopic (exact) mass is 176 g/mol. The van der Waals surface area contributed by atoms with Crippen molar-refractivity contribution in [2.75, 3.05) is 0 Å². The molecule has 3 heteroatoms. The van der Waals surface area contributed by atoms with Crippen molar-refractivity contribution >= 4 is 5.97 Å². The fourth-order valence-electron chi connectivity index (χ4n) is 0.151. The van der Waals surface area contributed by atoms with Gasteiger partial charge in [-0.15, -0.1) is 0 Å². The summed E-state index contributed by atoms with van der Waals surface area (Å²) in [6.45, 7) is 3.34. The Morgan fingerprint density at radius 2 is 2.14 bits per heavy atom. The SMILES string of the molecule is [CH2-]CCC(=O)O.[Y]. The molecular weight excluding hydrogens is 169 g/mol. The molecule has 1 N–H and O–H groups in total. The Morgan fingerprint density at radius 1 is 1.71 bits per heavy atom. The van der Waals surface area contributed by atoms with Gasteiger partial charge in [-0.3, -0.25) is 4.79 Å². The van der Waals surface area contributed by atoms with Crippen molar-refractivity contribution < 1.29 is 42.6 Å². The van der Waals surface area contributed by atoms with E-state index in [1.165, 1.54) is 0 Å². The van der Waals surface area contributed by atoms with E-state index in [0.717, 1.165) is 0 Å². The molecule has 0 amide bonds. The topological polar surface area (TPSA) is 37.3 Å². The molecule has 0 aromatic carbocycles. The number of rotatable bonds is 2. The third-order valence-corrected chi connectivity index (χ3v) is 0.391. The number of carboxylic acids is 1. The van der Waals surface area contributed by atoms with Gasteiger partial charge in [-0.25, -0.2) is 0 Å². The van der Waals surface area contributed by atoms with E-state index in [1.54, 1.807) is 0 Å². The molecule has 0 heterocycles. The van der Waals surface area contributed by atoms with Gasteiger partial charge in [0.2, 0.25) is 0 Å². The minimum Gasteiger partial charge on any atom is -0.481 e. The van der Waals surface area contributed by atoms with E-state index in [-0.39, 0.29) is 39.1 Å². The van der Waals surface area contributed by atoms with E-state index in [9.17, 15) is 4.79 Å². The zero-order valence-corrected chi connectivity index (χ0v) is 6.89. The van der Waals surface area contributed by atoms with Crippen LogP contribution in [0.5, 0.6) is 0 Å². The standard InChI is InChI=1S/C4H7O2.Y/c1-2-3-4(5)6;/h1-3H2,(H,5,6);/q-1;. The molecule has 0 aromatic rings. The quantitative estimate of drug-likeness (QED) is 0.628. The summed E-state index contributed by atoms with van der Waals surface area (Å²) in [5.41, 5.74) is 0. The number of hydrogen-bond donors (Lipinski definition) is 1. The second-order valence-electron chi connectivity index (χ2n) is 0.997. The van der Waals surface area contributed by atoms with Gasteiger partial charge in [0.25, 0.3) is 0 Å². The Kier molecular flexibility index (Phi) is 9.89. The van der Waals surface area contributed by atoms with Crippen LogP contribution in [0.15, 0.2) is 0 Å². The molecule has 39 valence electrons. The molecule has 0 atom stereocenters. The summed E-state index contributed by atoms with van der Waals surface area (Å²) in [6.07, 6.45) is 0.662. The maximum atomic E-state index is 9.56. The fraction of sp³-hybridized carbons (Fsp3) is 0.500.